The van der Waals surface area contributed by atoms with Gasteiger partial charge in [0.15, 0.2) is 0 Å². The minimum absolute atomic E-state index is 0.491. The Kier molecular flexibility index (Phi) is 9.56. The zero-order valence-electron chi connectivity index (χ0n) is 6.82. The van der Waals surface area contributed by atoms with Crippen molar-refractivity contribution in [3.05, 3.63) is 24.2 Å². The van der Waals surface area contributed by atoms with Crippen LogP contribution < -0.4 is 0 Å². The Labute approximate surface area is 62.0 Å². The highest BCUT2D eigenvalue weighted by molar-refractivity contribution is 5.29. The van der Waals surface area contributed by atoms with E-state index in [1.165, 1.54) is 6.08 Å². The molecule has 0 unspecified atom stereocenters. The van der Waals surface area contributed by atoms with Crippen molar-refractivity contribution in [2.45, 2.75) is 20.8 Å². The van der Waals surface area contributed by atoms with Crippen molar-refractivity contribution >= 4 is 6.72 Å². The average Bonchev–Trinajstić information content (AvgIpc) is 1.91. The second-order valence-electron chi connectivity index (χ2n) is 1.39. The van der Waals surface area contributed by atoms with Crippen molar-refractivity contribution in [1.82, 2.24) is 0 Å². The van der Waals surface area contributed by atoms with E-state index in [1.54, 1.807) is 6.92 Å². The Morgan fingerprint density at radius 2 is 1.90 bits per heavy atom. The summed E-state index contributed by atoms with van der Waals surface area (Å²) in [6.45, 7) is 11.9. The van der Waals surface area contributed by atoms with Crippen LogP contribution in [0.15, 0.2) is 29.2 Å². The maximum atomic E-state index is 11.8. The molecule has 10 heavy (non-hydrogen) atoms. The first-order chi connectivity index (χ1) is 4.66. The van der Waals surface area contributed by atoms with Gasteiger partial charge in [-0.1, -0.05) is 20.4 Å². The van der Waals surface area contributed by atoms with Crippen LogP contribution >= 0.6 is 0 Å². The maximum Gasteiger partial charge on any atom is 0.117 e. The van der Waals surface area contributed by atoms with E-state index in [-0.39, 0.29) is 0 Å². The number of nitrogens with zero attached hydrogens (tertiary/aromatic N) is 1. The van der Waals surface area contributed by atoms with Crippen molar-refractivity contribution in [1.29, 1.82) is 0 Å². The van der Waals surface area contributed by atoms with E-state index in [0.717, 1.165) is 0 Å². The zero-order chi connectivity index (χ0) is 8.57. The van der Waals surface area contributed by atoms with Gasteiger partial charge in [0.25, 0.3) is 0 Å². The number of aliphatic imine (C=N–C) groups is 1. The molecule has 0 atom stereocenters. The van der Waals surface area contributed by atoms with Gasteiger partial charge in [0.2, 0.25) is 0 Å². The first-order valence-electron chi connectivity index (χ1n) is 3.16. The highest BCUT2D eigenvalue weighted by atomic mass is 19.1. The summed E-state index contributed by atoms with van der Waals surface area (Å²) in [6.07, 6.45) is 1.22. The Hall–Kier alpha value is -0.920. The summed E-state index contributed by atoms with van der Waals surface area (Å²) in [5.41, 5.74) is 0.539. The van der Waals surface area contributed by atoms with Gasteiger partial charge in [0.05, 0.1) is 0 Å². The Morgan fingerprint density at radius 1 is 1.50 bits per heavy atom. The molecule has 0 rings (SSSR count). The van der Waals surface area contributed by atoms with E-state index in [9.17, 15) is 4.39 Å². The zero-order valence-corrected chi connectivity index (χ0v) is 6.82. The summed E-state index contributed by atoms with van der Waals surface area (Å²) in [7, 11) is 0. The van der Waals surface area contributed by atoms with Crippen LogP contribution in [0.25, 0.3) is 0 Å². The van der Waals surface area contributed by atoms with Crippen molar-refractivity contribution in [3.63, 3.8) is 0 Å². The molecule has 0 heterocycles. The second-order valence-corrected chi connectivity index (χ2v) is 1.39. The van der Waals surface area contributed by atoms with E-state index in [0.29, 0.717) is 5.70 Å². The molecule has 2 heteroatoms. The highest BCUT2D eigenvalue weighted by Crippen LogP contribution is 1.99. The van der Waals surface area contributed by atoms with E-state index in [1.807, 2.05) is 13.8 Å². The normalized spacial score (nSPS) is 9.40. The molecule has 0 fully saturated rings. The third-order valence-corrected chi connectivity index (χ3v) is 0.615. The van der Waals surface area contributed by atoms with Crippen molar-refractivity contribution in [3.8, 4) is 0 Å². The summed E-state index contributed by atoms with van der Waals surface area (Å²) in [5.74, 6) is -0.491. The van der Waals surface area contributed by atoms with Gasteiger partial charge in [-0.2, -0.15) is 0 Å². The molecule has 0 N–H and O–H groups in total. The number of halogens is 1. The number of hydrogen-bond acceptors (Lipinski definition) is 1. The van der Waals surface area contributed by atoms with Crippen LogP contribution in [0.2, 0.25) is 0 Å². The van der Waals surface area contributed by atoms with E-state index >= 15 is 0 Å². The summed E-state index contributed by atoms with van der Waals surface area (Å²) >= 11 is 0. The van der Waals surface area contributed by atoms with Crippen molar-refractivity contribution < 1.29 is 4.39 Å². The van der Waals surface area contributed by atoms with E-state index < -0.39 is 5.83 Å². The van der Waals surface area contributed by atoms with Crippen LogP contribution in [0.3, 0.4) is 0 Å². The minimum Gasteiger partial charge on any atom is -0.269 e. The molecule has 0 bridgehead atoms. The van der Waals surface area contributed by atoms with Crippen LogP contribution in [-0.2, 0) is 0 Å². The molecular formula is C8H14FN. The van der Waals surface area contributed by atoms with Crippen LogP contribution in [0, 0.1) is 0 Å². The monoisotopic (exact) mass is 143 g/mol. The topological polar surface area (TPSA) is 12.4 Å². The molecule has 0 aliphatic heterocycles. The number of allylic oxidation sites excluding steroid dienone is 3. The van der Waals surface area contributed by atoms with Crippen molar-refractivity contribution in [2.75, 3.05) is 0 Å². The van der Waals surface area contributed by atoms with Gasteiger partial charge in [0.1, 0.15) is 5.83 Å². The largest absolute Gasteiger partial charge is 0.269 e. The number of hydrogen-bond donors (Lipinski definition) is 0. The third-order valence-electron chi connectivity index (χ3n) is 0.615. The smallest absolute Gasteiger partial charge is 0.117 e. The molecule has 0 saturated carbocycles. The summed E-state index contributed by atoms with van der Waals surface area (Å²) in [5, 5.41) is 0. The Bertz CT molecular complexity index is 136. The fraction of sp³-hybridized carbons (Fsp3) is 0.375. The molecule has 0 amide bonds. The van der Waals surface area contributed by atoms with Gasteiger partial charge in [-0.15, -0.1) is 0 Å². The molecular weight excluding hydrogens is 129 g/mol. The summed E-state index contributed by atoms with van der Waals surface area (Å²) in [4.78, 5) is 3.44. The lowest BCUT2D eigenvalue weighted by Gasteiger charge is -1.84. The van der Waals surface area contributed by atoms with Gasteiger partial charge in [0, 0.05) is 5.70 Å². The fourth-order valence-electron chi connectivity index (χ4n) is 0.272. The Balaban J connectivity index is 0. The van der Waals surface area contributed by atoms with Crippen molar-refractivity contribution in [2.24, 2.45) is 4.99 Å². The lowest BCUT2D eigenvalue weighted by atomic mass is 10.4. The molecule has 0 radical (unpaired) electrons. The van der Waals surface area contributed by atoms with Crippen LogP contribution in [0.4, 0.5) is 4.39 Å². The Morgan fingerprint density at radius 3 is 2.00 bits per heavy atom. The molecule has 58 valence electrons. The lowest BCUT2D eigenvalue weighted by molar-refractivity contribution is 0.669. The second kappa shape index (κ2) is 8.08. The van der Waals surface area contributed by atoms with Crippen LogP contribution in [0.5, 0.6) is 0 Å². The number of rotatable bonds is 2. The summed E-state index contributed by atoms with van der Waals surface area (Å²) in [6, 6.07) is 0. The van der Waals surface area contributed by atoms with Gasteiger partial charge in [-0.3, -0.25) is 4.99 Å². The molecule has 0 aromatic rings. The highest BCUT2D eigenvalue weighted by Gasteiger charge is 1.81. The predicted octanol–water partition coefficient (Wildman–Crippen LogP) is 3.10. The molecule has 0 saturated heterocycles. The first kappa shape index (κ1) is 11.8. The molecule has 0 aliphatic rings. The van der Waals surface area contributed by atoms with E-state index in [4.69, 9.17) is 0 Å². The van der Waals surface area contributed by atoms with Crippen LogP contribution in [-0.4, -0.2) is 6.72 Å². The summed E-state index contributed by atoms with van der Waals surface area (Å²) < 4.78 is 11.8. The van der Waals surface area contributed by atoms with Gasteiger partial charge in [-0.25, -0.2) is 4.39 Å². The van der Waals surface area contributed by atoms with E-state index in [2.05, 4.69) is 18.3 Å². The fourth-order valence-corrected chi connectivity index (χ4v) is 0.272. The minimum atomic E-state index is -0.491. The molecule has 0 aromatic heterocycles. The first-order valence-corrected chi connectivity index (χ1v) is 3.16. The SMILES string of the molecule is C=N/C(C)=C\C(=C)F.CC. The average molecular weight is 143 g/mol. The quantitative estimate of drug-likeness (QED) is 0.416. The standard InChI is InChI=1S/C6H8FN.C2H6/c1-5(7)4-6(2)8-3;1-2/h4H,1,3H2,2H3;1-2H3/b6-4-;. The van der Waals surface area contributed by atoms with Gasteiger partial charge in [-0.05, 0) is 19.7 Å². The molecule has 1 nitrogen and oxygen atoms in total. The van der Waals surface area contributed by atoms with Gasteiger partial charge < -0.3 is 0 Å². The van der Waals surface area contributed by atoms with Crippen LogP contribution in [0.1, 0.15) is 20.8 Å². The lowest BCUT2D eigenvalue weighted by Crippen LogP contribution is -1.66. The maximum absolute atomic E-state index is 11.8. The van der Waals surface area contributed by atoms with Gasteiger partial charge >= 0.3 is 0 Å². The third kappa shape index (κ3) is 10.1. The molecule has 0 spiro atoms. The predicted molar refractivity (Wildman–Crippen MR) is 44.9 cm³/mol. The molecule has 0 aromatic carbocycles. The molecule has 0 aliphatic carbocycles.